The van der Waals surface area contributed by atoms with Crippen LogP contribution in [0, 0.1) is 0 Å². The number of anilines is 2. The smallest absolute Gasteiger partial charge is 0.263 e. The van der Waals surface area contributed by atoms with Gasteiger partial charge >= 0.3 is 0 Å². The Bertz CT molecular complexity index is 2090. The highest BCUT2D eigenvalue weighted by Gasteiger charge is 2.42. The molecule has 12 heteroatoms. The van der Waals surface area contributed by atoms with Gasteiger partial charge in [-0.3, -0.25) is 0 Å². The lowest BCUT2D eigenvalue weighted by molar-refractivity contribution is 0.0984. The number of morpholine rings is 1. The predicted octanol–water partition coefficient (Wildman–Crippen LogP) is 5.61. The van der Waals surface area contributed by atoms with Crippen molar-refractivity contribution in [1.82, 2.24) is 28.9 Å². The van der Waals surface area contributed by atoms with Gasteiger partial charge in [0.2, 0.25) is 0 Å². The van der Waals surface area contributed by atoms with Crippen LogP contribution in [-0.4, -0.2) is 74.4 Å². The fourth-order valence-corrected chi connectivity index (χ4v) is 9.56. The summed E-state index contributed by atoms with van der Waals surface area (Å²) in [6.45, 7) is 14.4. The summed E-state index contributed by atoms with van der Waals surface area (Å²) < 4.78 is 36.5. The van der Waals surface area contributed by atoms with Gasteiger partial charge in [-0.25, -0.2) is 23.1 Å². The summed E-state index contributed by atoms with van der Waals surface area (Å²) in [6.07, 6.45) is 9.18. The number of hydrogen-bond donors (Lipinski definition) is 0. The van der Waals surface area contributed by atoms with Crippen molar-refractivity contribution in [2.24, 2.45) is 0 Å². The molecule has 2 aliphatic heterocycles. The molecular formula is C36H44N8O3S. The fraction of sp³-hybridized carbons (Fsp3) is 0.500. The highest BCUT2D eigenvalue weighted by atomic mass is 32.2. The topological polar surface area (TPSA) is 111 Å². The first-order chi connectivity index (χ1) is 23.1. The molecule has 8 rings (SSSR count). The minimum atomic E-state index is -3.88. The molecule has 4 aromatic rings. The van der Waals surface area contributed by atoms with E-state index in [9.17, 15) is 8.42 Å². The van der Waals surface area contributed by atoms with Crippen LogP contribution in [0.5, 0.6) is 0 Å². The van der Waals surface area contributed by atoms with Crippen LogP contribution in [0.3, 0.4) is 0 Å². The van der Waals surface area contributed by atoms with E-state index in [2.05, 4.69) is 39.5 Å². The third-order valence-electron chi connectivity index (χ3n) is 10.4. The molecule has 5 heterocycles. The normalized spacial score (nSPS) is 23.3. The Morgan fingerprint density at radius 3 is 2.71 bits per heavy atom. The van der Waals surface area contributed by atoms with Crippen LogP contribution in [0.2, 0.25) is 0 Å². The van der Waals surface area contributed by atoms with Gasteiger partial charge < -0.3 is 14.5 Å². The number of fused-ring (bicyclic) bond motifs is 2. The highest BCUT2D eigenvalue weighted by Crippen LogP contribution is 2.42. The highest BCUT2D eigenvalue weighted by molar-refractivity contribution is 7.91. The average molecular weight is 669 g/mol. The van der Waals surface area contributed by atoms with Crippen LogP contribution >= 0.6 is 0 Å². The maximum absolute atomic E-state index is 14.2. The zero-order valence-corrected chi connectivity index (χ0v) is 29.3. The van der Waals surface area contributed by atoms with Crippen molar-refractivity contribution in [3.05, 3.63) is 70.7 Å². The van der Waals surface area contributed by atoms with Gasteiger partial charge in [0.05, 0.1) is 42.4 Å². The van der Waals surface area contributed by atoms with E-state index in [-0.39, 0.29) is 6.04 Å². The second-order valence-electron chi connectivity index (χ2n) is 14.2. The fourth-order valence-electron chi connectivity index (χ4n) is 7.83. The molecular weight excluding hydrogens is 625 g/mol. The summed E-state index contributed by atoms with van der Waals surface area (Å²) in [7, 11) is -3.88. The van der Waals surface area contributed by atoms with Gasteiger partial charge in [0.25, 0.3) is 10.0 Å². The summed E-state index contributed by atoms with van der Waals surface area (Å²) in [5, 5.41) is 10.2. The van der Waals surface area contributed by atoms with Gasteiger partial charge in [0.15, 0.2) is 5.82 Å². The maximum Gasteiger partial charge on any atom is 0.263 e. The molecule has 1 saturated heterocycles. The first-order valence-electron chi connectivity index (χ1n) is 17.2. The van der Waals surface area contributed by atoms with Crippen molar-refractivity contribution < 1.29 is 13.2 Å². The quantitative estimate of drug-likeness (QED) is 0.248. The Balaban J connectivity index is 1.22. The van der Waals surface area contributed by atoms with Gasteiger partial charge in [-0.1, -0.05) is 35.4 Å². The molecule has 0 bridgehead atoms. The Hall–Kier alpha value is -4.03. The van der Waals surface area contributed by atoms with E-state index in [0.717, 1.165) is 65.7 Å². The standard InChI is InChI=1S/C36H44N8O3S/c1-6-43-33(17-31(40-43)26-10-11-26)41-13-12-30-29(21-41)35(42-14-15-47-22-25(42)4)39-34(38-30)27-8-7-9-32-28(27)20-37-44(32)48(45,46)36(5)18-23(2)16-24(3)19-36/h7-9,16-18,20,25-26H,6,10-15,19,21-22H2,1-5H3/t25-,36?/m1/s1. The zero-order chi connectivity index (χ0) is 33.4. The zero-order valence-electron chi connectivity index (χ0n) is 28.5. The summed E-state index contributed by atoms with van der Waals surface area (Å²) in [5.74, 6) is 3.27. The number of allylic oxidation sites excluding steroid dienone is 3. The average Bonchev–Trinajstić information content (AvgIpc) is 3.66. The number of aryl methyl sites for hydroxylation is 1. The Morgan fingerprint density at radius 2 is 1.96 bits per heavy atom. The molecule has 252 valence electrons. The first kappa shape index (κ1) is 31.3. The van der Waals surface area contributed by atoms with Crippen molar-refractivity contribution in [1.29, 1.82) is 0 Å². The number of aromatic nitrogens is 6. The third-order valence-corrected chi connectivity index (χ3v) is 12.5. The number of rotatable bonds is 7. The number of benzene rings is 1. The van der Waals surface area contributed by atoms with Crippen molar-refractivity contribution in [3.8, 4) is 11.4 Å². The summed E-state index contributed by atoms with van der Waals surface area (Å²) in [4.78, 5) is 15.3. The summed E-state index contributed by atoms with van der Waals surface area (Å²) in [6, 6.07) is 8.11. The van der Waals surface area contributed by atoms with E-state index >= 15 is 0 Å². The minimum Gasteiger partial charge on any atom is -0.377 e. The Labute approximate surface area is 282 Å². The minimum absolute atomic E-state index is 0.151. The number of nitrogens with zero attached hydrogens (tertiary/aromatic N) is 8. The van der Waals surface area contributed by atoms with E-state index in [1.165, 1.54) is 22.6 Å². The van der Waals surface area contributed by atoms with Crippen LogP contribution < -0.4 is 9.80 Å². The van der Waals surface area contributed by atoms with Gasteiger partial charge in [0, 0.05) is 61.1 Å². The molecule has 3 aromatic heterocycles. The van der Waals surface area contributed by atoms with Crippen LogP contribution in [0.25, 0.3) is 22.3 Å². The molecule has 1 saturated carbocycles. The molecule has 2 fully saturated rings. The first-order valence-corrected chi connectivity index (χ1v) is 18.7. The summed E-state index contributed by atoms with van der Waals surface area (Å²) >= 11 is 0. The SMILES string of the molecule is CCn1nc(C2CC2)cc1N1CCc2nc(-c3cccc4c3cnn4S(=O)(=O)C3(C)C=C(C)C=C(C)C3)nc(N3CCOC[C@H]3C)c2C1. The van der Waals surface area contributed by atoms with E-state index in [0.29, 0.717) is 48.8 Å². The van der Waals surface area contributed by atoms with Gasteiger partial charge in [-0.15, -0.1) is 0 Å². The van der Waals surface area contributed by atoms with Crippen LogP contribution in [0.4, 0.5) is 11.6 Å². The van der Waals surface area contributed by atoms with Gasteiger partial charge in [0.1, 0.15) is 16.4 Å². The molecule has 0 spiro atoms. The second-order valence-corrected chi connectivity index (χ2v) is 16.4. The summed E-state index contributed by atoms with van der Waals surface area (Å²) in [5.41, 5.74) is 6.65. The number of ether oxygens (including phenoxy) is 1. The molecule has 11 nitrogen and oxygen atoms in total. The van der Waals surface area contributed by atoms with Crippen LogP contribution in [0.1, 0.15) is 76.8 Å². The molecule has 4 aliphatic rings. The third kappa shape index (κ3) is 5.15. The predicted molar refractivity (Wildman–Crippen MR) is 188 cm³/mol. The van der Waals surface area contributed by atoms with E-state index < -0.39 is 14.8 Å². The van der Waals surface area contributed by atoms with Crippen LogP contribution in [-0.2, 0) is 34.3 Å². The molecule has 1 unspecified atom stereocenters. The van der Waals surface area contributed by atoms with Crippen molar-refractivity contribution in [2.45, 2.75) is 90.1 Å². The van der Waals surface area contributed by atoms with Gasteiger partial charge in [-0.2, -0.15) is 14.3 Å². The van der Waals surface area contributed by atoms with Crippen LogP contribution in [0.15, 0.2) is 53.8 Å². The lowest BCUT2D eigenvalue weighted by Gasteiger charge is -2.38. The van der Waals surface area contributed by atoms with Gasteiger partial charge in [-0.05, 0) is 59.9 Å². The lowest BCUT2D eigenvalue weighted by Crippen LogP contribution is -2.45. The molecule has 0 N–H and O–H groups in total. The van der Waals surface area contributed by atoms with E-state index in [1.807, 2.05) is 44.2 Å². The lowest BCUT2D eigenvalue weighted by atomic mass is 9.92. The van der Waals surface area contributed by atoms with Crippen molar-refractivity contribution in [3.63, 3.8) is 0 Å². The Morgan fingerprint density at radius 1 is 1.12 bits per heavy atom. The molecule has 2 aliphatic carbocycles. The second kappa shape index (κ2) is 11.5. The molecule has 2 atom stereocenters. The van der Waals surface area contributed by atoms with E-state index in [4.69, 9.17) is 19.8 Å². The van der Waals surface area contributed by atoms with Crippen molar-refractivity contribution in [2.75, 3.05) is 36.1 Å². The Kier molecular flexibility index (Phi) is 7.52. The maximum atomic E-state index is 14.2. The molecule has 48 heavy (non-hydrogen) atoms. The molecule has 1 aromatic carbocycles. The number of hydrogen-bond acceptors (Lipinski definition) is 9. The monoisotopic (exact) mass is 668 g/mol. The molecule has 0 amide bonds. The van der Waals surface area contributed by atoms with Crippen molar-refractivity contribution >= 4 is 32.6 Å². The van der Waals surface area contributed by atoms with E-state index in [1.54, 1.807) is 13.1 Å². The molecule has 0 radical (unpaired) electrons. The largest absolute Gasteiger partial charge is 0.377 e.